The molecule has 1 aromatic heterocycles. The summed E-state index contributed by atoms with van der Waals surface area (Å²) in [6.07, 6.45) is 1.65. The van der Waals surface area contributed by atoms with Crippen molar-refractivity contribution in [3.8, 4) is 0 Å². The molecule has 1 aromatic rings. The third kappa shape index (κ3) is 3.25. The molecular formula is C9H14ClN4O3PS. The van der Waals surface area contributed by atoms with Crippen LogP contribution in [-0.4, -0.2) is 44.1 Å². The van der Waals surface area contributed by atoms with Crippen LogP contribution in [-0.2, 0) is 14.3 Å². The van der Waals surface area contributed by atoms with Gasteiger partial charge in [-0.05, 0) is 0 Å². The van der Waals surface area contributed by atoms with Gasteiger partial charge in [-0.2, -0.15) is 13.4 Å². The van der Waals surface area contributed by atoms with Crippen molar-refractivity contribution in [2.24, 2.45) is 0 Å². The Morgan fingerprint density at radius 1 is 1.58 bits per heavy atom. The molecule has 2 heterocycles. The van der Waals surface area contributed by atoms with Crippen LogP contribution in [0.4, 0.5) is 11.8 Å². The molecule has 0 aromatic carbocycles. The zero-order valence-electron chi connectivity index (χ0n) is 10.2. The third-order valence-electron chi connectivity index (χ3n) is 2.75. The fourth-order valence-corrected chi connectivity index (χ4v) is 3.04. The minimum absolute atomic E-state index is 0.0139. The number of rotatable bonds is 4. The minimum atomic E-state index is -3.49. The van der Waals surface area contributed by atoms with Crippen LogP contribution in [0.25, 0.3) is 0 Å². The van der Waals surface area contributed by atoms with E-state index in [9.17, 15) is 8.42 Å². The van der Waals surface area contributed by atoms with Crippen molar-refractivity contribution in [2.75, 3.05) is 36.3 Å². The van der Waals surface area contributed by atoms with Crippen LogP contribution < -0.4 is 10.6 Å². The average Bonchev–Trinajstić information content (AvgIpc) is 2.63. The topological polar surface area (TPSA) is 98.4 Å². The molecule has 2 unspecified atom stereocenters. The number of nitrogen functional groups attached to an aromatic ring is 1. The predicted octanol–water partition coefficient (Wildman–Crippen LogP) is 0.425. The molecule has 1 aliphatic rings. The first-order chi connectivity index (χ1) is 8.81. The lowest BCUT2D eigenvalue weighted by Gasteiger charge is -2.15. The predicted molar refractivity (Wildman–Crippen MR) is 76.9 cm³/mol. The van der Waals surface area contributed by atoms with Gasteiger partial charge in [0.25, 0.3) is 10.1 Å². The maximum absolute atomic E-state index is 11.1. The van der Waals surface area contributed by atoms with Crippen LogP contribution >= 0.6 is 20.8 Å². The highest BCUT2D eigenvalue weighted by Gasteiger charge is 2.33. The molecule has 0 saturated carbocycles. The van der Waals surface area contributed by atoms with Crippen molar-refractivity contribution >= 4 is 42.7 Å². The van der Waals surface area contributed by atoms with Gasteiger partial charge in [0, 0.05) is 24.3 Å². The Balaban J connectivity index is 2.32. The van der Waals surface area contributed by atoms with Crippen LogP contribution in [0.5, 0.6) is 0 Å². The summed E-state index contributed by atoms with van der Waals surface area (Å²) in [5.74, 6) is 0.532. The van der Waals surface area contributed by atoms with Crippen LogP contribution in [0.2, 0.25) is 5.15 Å². The number of nitrogens with two attached hydrogens (primary N) is 1. The van der Waals surface area contributed by atoms with Gasteiger partial charge in [0.15, 0.2) is 0 Å². The molecule has 2 N–H and O–H groups in total. The summed E-state index contributed by atoms with van der Waals surface area (Å²) in [6, 6.07) is 0. The van der Waals surface area contributed by atoms with Gasteiger partial charge in [-0.1, -0.05) is 11.6 Å². The molecule has 0 bridgehead atoms. The largest absolute Gasteiger partial charge is 0.368 e. The Bertz CT molecular complexity index is 597. The van der Waals surface area contributed by atoms with Crippen molar-refractivity contribution in [2.45, 2.75) is 5.92 Å². The monoisotopic (exact) mass is 324 g/mol. The number of halogens is 1. The molecule has 106 valence electrons. The standard InChI is InChI=1S/C9H14ClN4O3PS/c1-19(15,16)17-3-5-2-14(4-18)8-6(5)7(10)12-9(11)13-8/h5H,2-4,18H2,1H3,(H2,11,12,13). The van der Waals surface area contributed by atoms with Crippen molar-refractivity contribution in [3.63, 3.8) is 0 Å². The smallest absolute Gasteiger partial charge is 0.264 e. The molecule has 0 fully saturated rings. The first-order valence-corrected chi connectivity index (χ1v) is 8.45. The van der Waals surface area contributed by atoms with Gasteiger partial charge < -0.3 is 10.6 Å². The Labute approximate surface area is 118 Å². The zero-order chi connectivity index (χ0) is 14.2. The van der Waals surface area contributed by atoms with E-state index in [4.69, 9.17) is 21.5 Å². The first-order valence-electron chi connectivity index (χ1n) is 5.44. The molecule has 1 aliphatic heterocycles. The molecule has 0 radical (unpaired) electrons. The van der Waals surface area contributed by atoms with E-state index in [0.717, 1.165) is 6.26 Å². The molecule has 2 rings (SSSR count). The number of aromatic nitrogens is 2. The van der Waals surface area contributed by atoms with E-state index in [0.29, 0.717) is 24.2 Å². The molecule has 0 amide bonds. The zero-order valence-corrected chi connectivity index (χ0v) is 12.9. The maximum Gasteiger partial charge on any atom is 0.264 e. The number of hydrogen-bond acceptors (Lipinski definition) is 7. The molecule has 10 heteroatoms. The fourth-order valence-electron chi connectivity index (χ4n) is 1.99. The quantitative estimate of drug-likeness (QED) is 0.487. The summed E-state index contributed by atoms with van der Waals surface area (Å²) in [4.78, 5) is 9.98. The fraction of sp³-hybridized carbons (Fsp3) is 0.556. The number of anilines is 2. The van der Waals surface area contributed by atoms with Gasteiger partial charge in [0.05, 0.1) is 12.9 Å². The Hall–Kier alpha value is -0.690. The molecule has 0 spiro atoms. The number of hydrogen-bond donors (Lipinski definition) is 1. The summed E-state index contributed by atoms with van der Waals surface area (Å²) in [6.45, 7) is 0.576. The van der Waals surface area contributed by atoms with Crippen LogP contribution in [0.15, 0.2) is 0 Å². The second-order valence-corrected chi connectivity index (χ2v) is 6.57. The number of nitrogens with zero attached hydrogens (tertiary/aromatic N) is 3. The van der Waals surface area contributed by atoms with E-state index >= 15 is 0 Å². The lowest BCUT2D eigenvalue weighted by Crippen LogP contribution is -2.22. The second kappa shape index (κ2) is 5.36. The Morgan fingerprint density at radius 3 is 2.84 bits per heavy atom. The van der Waals surface area contributed by atoms with Gasteiger partial charge in [-0.3, -0.25) is 4.18 Å². The van der Waals surface area contributed by atoms with Crippen LogP contribution in [0, 0.1) is 0 Å². The summed E-state index contributed by atoms with van der Waals surface area (Å²) < 4.78 is 27.0. The van der Waals surface area contributed by atoms with E-state index in [1.165, 1.54) is 0 Å². The normalized spacial score (nSPS) is 18.7. The SMILES string of the molecule is CS(=O)(=O)OCC1CN(CP)c2nc(N)nc(Cl)c21. The Morgan fingerprint density at radius 2 is 2.26 bits per heavy atom. The third-order valence-corrected chi connectivity index (χ3v) is 4.04. The van der Waals surface area contributed by atoms with Gasteiger partial charge in [0.1, 0.15) is 11.0 Å². The van der Waals surface area contributed by atoms with E-state index in [1.807, 2.05) is 4.90 Å². The van der Waals surface area contributed by atoms with E-state index < -0.39 is 10.1 Å². The molecule has 2 atom stereocenters. The van der Waals surface area contributed by atoms with E-state index in [-0.39, 0.29) is 23.6 Å². The van der Waals surface area contributed by atoms with Gasteiger partial charge in [-0.25, -0.2) is 4.98 Å². The van der Waals surface area contributed by atoms with Crippen molar-refractivity contribution in [1.29, 1.82) is 0 Å². The number of fused-ring (bicyclic) bond motifs is 1. The van der Waals surface area contributed by atoms with Gasteiger partial charge >= 0.3 is 0 Å². The highest BCUT2D eigenvalue weighted by molar-refractivity contribution is 7.85. The molecule has 0 aliphatic carbocycles. The van der Waals surface area contributed by atoms with Crippen LogP contribution in [0.3, 0.4) is 0 Å². The van der Waals surface area contributed by atoms with Crippen molar-refractivity contribution in [1.82, 2.24) is 9.97 Å². The highest BCUT2D eigenvalue weighted by atomic mass is 35.5. The summed E-state index contributed by atoms with van der Waals surface area (Å²) >= 11 is 6.07. The second-order valence-electron chi connectivity index (χ2n) is 4.20. The van der Waals surface area contributed by atoms with Crippen LogP contribution in [0.1, 0.15) is 11.5 Å². The van der Waals surface area contributed by atoms with E-state index in [1.54, 1.807) is 0 Å². The summed E-state index contributed by atoms with van der Waals surface area (Å²) in [5, 5.41) is 0.241. The molecule has 0 saturated heterocycles. The Kier molecular flexibility index (Phi) is 4.15. The summed E-state index contributed by atoms with van der Waals surface area (Å²) in [5.41, 5.74) is 6.25. The maximum atomic E-state index is 11.1. The molecular weight excluding hydrogens is 311 g/mol. The summed E-state index contributed by atoms with van der Waals surface area (Å²) in [7, 11) is -0.916. The molecule has 19 heavy (non-hydrogen) atoms. The van der Waals surface area contributed by atoms with E-state index in [2.05, 4.69) is 19.2 Å². The highest BCUT2D eigenvalue weighted by Crippen LogP contribution is 2.39. The van der Waals surface area contributed by atoms with Crippen molar-refractivity contribution in [3.05, 3.63) is 10.7 Å². The van der Waals surface area contributed by atoms with Crippen molar-refractivity contribution < 1.29 is 12.6 Å². The van der Waals surface area contributed by atoms with Gasteiger partial charge in [0.2, 0.25) is 5.95 Å². The first kappa shape index (κ1) is 14.7. The minimum Gasteiger partial charge on any atom is -0.368 e. The lowest BCUT2D eigenvalue weighted by molar-refractivity contribution is 0.299. The van der Waals surface area contributed by atoms with Gasteiger partial charge in [-0.15, -0.1) is 9.24 Å². The average molecular weight is 325 g/mol. The lowest BCUT2D eigenvalue weighted by atomic mass is 10.1. The molecule has 7 nitrogen and oxygen atoms in total.